The number of sulfone groups is 1. The second-order valence-corrected chi connectivity index (χ2v) is 7.90. The zero-order valence-corrected chi connectivity index (χ0v) is 15.8. The van der Waals surface area contributed by atoms with Gasteiger partial charge >= 0.3 is 6.01 Å². The third kappa shape index (κ3) is 5.11. The van der Waals surface area contributed by atoms with E-state index in [2.05, 4.69) is 15.5 Å². The zero-order chi connectivity index (χ0) is 21.0. The van der Waals surface area contributed by atoms with Crippen LogP contribution in [-0.2, 0) is 14.6 Å². The molecule has 11 heteroatoms. The molecular formula is C18H14N4O6S. The highest BCUT2D eigenvalue weighted by Gasteiger charge is 2.13. The van der Waals surface area contributed by atoms with E-state index in [0.29, 0.717) is 11.1 Å². The predicted octanol–water partition coefficient (Wildman–Crippen LogP) is 2.70. The van der Waals surface area contributed by atoms with Crippen LogP contribution in [0.5, 0.6) is 0 Å². The summed E-state index contributed by atoms with van der Waals surface area (Å²) >= 11 is 0. The standard InChI is InChI=1S/C18H14N4O6S/c1-29(26,27)15-4-2-3-13(11-15)17-20-21-18(28-17)19-16(23)10-7-12-5-8-14(9-6-12)22(24)25/h2-11H,1H3,(H,19,21,23). The summed E-state index contributed by atoms with van der Waals surface area (Å²) in [5.74, 6) is -0.506. The summed E-state index contributed by atoms with van der Waals surface area (Å²) in [5, 5.41) is 20.5. The van der Waals surface area contributed by atoms with Crippen LogP contribution < -0.4 is 5.32 Å². The molecule has 10 nitrogen and oxygen atoms in total. The lowest BCUT2D eigenvalue weighted by Crippen LogP contribution is -2.07. The van der Waals surface area contributed by atoms with Crippen molar-refractivity contribution in [3.05, 3.63) is 70.3 Å². The Bertz CT molecular complexity index is 1200. The van der Waals surface area contributed by atoms with Crippen molar-refractivity contribution in [1.29, 1.82) is 0 Å². The van der Waals surface area contributed by atoms with Gasteiger partial charge in [-0.05, 0) is 42.0 Å². The highest BCUT2D eigenvalue weighted by molar-refractivity contribution is 7.90. The Labute approximate surface area is 165 Å². The lowest BCUT2D eigenvalue weighted by atomic mass is 10.2. The molecule has 1 heterocycles. The molecule has 0 spiro atoms. The fraction of sp³-hybridized carbons (Fsp3) is 0.0556. The van der Waals surface area contributed by atoms with E-state index in [0.717, 1.165) is 6.26 Å². The number of amides is 1. The molecule has 0 aliphatic rings. The van der Waals surface area contributed by atoms with Crippen molar-refractivity contribution in [3.8, 4) is 11.5 Å². The summed E-state index contributed by atoms with van der Waals surface area (Å²) in [5.41, 5.74) is 0.932. The summed E-state index contributed by atoms with van der Waals surface area (Å²) in [4.78, 5) is 22.2. The third-order valence-electron chi connectivity index (χ3n) is 3.70. The maximum atomic E-state index is 12.0. The summed E-state index contributed by atoms with van der Waals surface area (Å²) in [6.07, 6.45) is 3.75. The molecule has 0 aliphatic heterocycles. The van der Waals surface area contributed by atoms with E-state index in [1.807, 2.05) is 0 Å². The smallest absolute Gasteiger partial charge is 0.322 e. The second-order valence-electron chi connectivity index (χ2n) is 5.88. The molecule has 1 N–H and O–H groups in total. The van der Waals surface area contributed by atoms with E-state index >= 15 is 0 Å². The van der Waals surface area contributed by atoms with Crippen molar-refractivity contribution >= 4 is 33.5 Å². The molecule has 2 aromatic carbocycles. The molecule has 148 valence electrons. The quantitative estimate of drug-likeness (QED) is 0.368. The van der Waals surface area contributed by atoms with E-state index in [-0.39, 0.29) is 22.5 Å². The van der Waals surface area contributed by atoms with Gasteiger partial charge < -0.3 is 4.42 Å². The largest absolute Gasteiger partial charge is 0.403 e. The Morgan fingerprint density at radius 3 is 2.55 bits per heavy atom. The number of hydrogen-bond donors (Lipinski definition) is 1. The Morgan fingerprint density at radius 2 is 1.90 bits per heavy atom. The van der Waals surface area contributed by atoms with Crippen LogP contribution in [0.1, 0.15) is 5.56 Å². The van der Waals surface area contributed by atoms with Crippen LogP contribution in [0.15, 0.2) is 63.9 Å². The molecule has 0 atom stereocenters. The first-order chi connectivity index (χ1) is 13.7. The molecule has 3 aromatic rings. The molecule has 1 aromatic heterocycles. The SMILES string of the molecule is CS(=O)(=O)c1cccc(-c2nnc(NC(=O)C=Cc3ccc([N+](=O)[O-])cc3)o2)c1. The monoisotopic (exact) mass is 414 g/mol. The number of carbonyl (C=O) groups excluding carboxylic acids is 1. The lowest BCUT2D eigenvalue weighted by Gasteiger charge is -2.00. The van der Waals surface area contributed by atoms with E-state index < -0.39 is 20.7 Å². The van der Waals surface area contributed by atoms with Crippen molar-refractivity contribution in [2.75, 3.05) is 11.6 Å². The number of nitro groups is 1. The van der Waals surface area contributed by atoms with Crippen molar-refractivity contribution in [2.45, 2.75) is 4.90 Å². The van der Waals surface area contributed by atoms with E-state index in [1.165, 1.54) is 48.6 Å². The Morgan fingerprint density at radius 1 is 1.17 bits per heavy atom. The maximum Gasteiger partial charge on any atom is 0.322 e. The van der Waals surface area contributed by atoms with E-state index in [9.17, 15) is 23.3 Å². The fourth-order valence-corrected chi connectivity index (χ4v) is 2.94. The van der Waals surface area contributed by atoms with Gasteiger partial charge in [0.1, 0.15) is 0 Å². The van der Waals surface area contributed by atoms with Gasteiger partial charge in [0, 0.05) is 30.0 Å². The molecule has 29 heavy (non-hydrogen) atoms. The Kier molecular flexibility index (Phi) is 5.50. The van der Waals surface area contributed by atoms with Crippen LogP contribution in [0.2, 0.25) is 0 Å². The number of hydrogen-bond acceptors (Lipinski definition) is 8. The molecule has 0 aliphatic carbocycles. The van der Waals surface area contributed by atoms with Crippen LogP contribution in [0.3, 0.4) is 0 Å². The molecule has 0 bridgehead atoms. The highest BCUT2D eigenvalue weighted by Crippen LogP contribution is 2.22. The number of anilines is 1. The second kappa shape index (κ2) is 8.02. The van der Waals surface area contributed by atoms with Crippen LogP contribution in [0.4, 0.5) is 11.7 Å². The summed E-state index contributed by atoms with van der Waals surface area (Å²) in [7, 11) is -3.39. The first-order valence-electron chi connectivity index (χ1n) is 8.10. The van der Waals surface area contributed by atoms with Gasteiger partial charge in [0.15, 0.2) is 9.84 Å². The predicted molar refractivity (Wildman–Crippen MR) is 104 cm³/mol. The molecule has 3 rings (SSSR count). The summed E-state index contributed by atoms with van der Waals surface area (Å²) in [6.45, 7) is 0. The number of non-ortho nitro benzene ring substituents is 1. The van der Waals surface area contributed by atoms with E-state index in [4.69, 9.17) is 4.42 Å². The van der Waals surface area contributed by atoms with Gasteiger partial charge in [-0.1, -0.05) is 11.2 Å². The Balaban J connectivity index is 1.68. The molecule has 1 amide bonds. The lowest BCUT2D eigenvalue weighted by molar-refractivity contribution is -0.384. The normalized spacial score (nSPS) is 11.5. The van der Waals surface area contributed by atoms with Crippen molar-refractivity contribution in [2.24, 2.45) is 0 Å². The Hall–Kier alpha value is -3.86. The summed E-state index contributed by atoms with van der Waals surface area (Å²) in [6, 6.07) is 11.5. The van der Waals surface area contributed by atoms with Crippen LogP contribution >= 0.6 is 0 Å². The van der Waals surface area contributed by atoms with Gasteiger partial charge in [0.05, 0.1) is 9.82 Å². The number of benzene rings is 2. The number of nitrogens with one attached hydrogen (secondary N) is 1. The first kappa shape index (κ1) is 19.9. The number of aromatic nitrogens is 2. The van der Waals surface area contributed by atoms with Crippen LogP contribution in [0.25, 0.3) is 17.5 Å². The minimum atomic E-state index is -3.39. The molecule has 0 fully saturated rings. The molecule has 0 radical (unpaired) electrons. The molecular weight excluding hydrogens is 400 g/mol. The van der Waals surface area contributed by atoms with Crippen molar-refractivity contribution in [3.63, 3.8) is 0 Å². The van der Waals surface area contributed by atoms with Gasteiger partial charge in [-0.25, -0.2) is 8.42 Å². The van der Waals surface area contributed by atoms with Crippen LogP contribution in [0, 0.1) is 10.1 Å². The molecule has 0 saturated carbocycles. The minimum Gasteiger partial charge on any atom is -0.403 e. The fourth-order valence-electron chi connectivity index (χ4n) is 2.28. The topological polar surface area (TPSA) is 145 Å². The maximum absolute atomic E-state index is 12.0. The van der Waals surface area contributed by atoms with Gasteiger partial charge in [-0.3, -0.25) is 20.2 Å². The number of nitrogens with zero attached hydrogens (tertiary/aromatic N) is 3. The highest BCUT2D eigenvalue weighted by atomic mass is 32.2. The zero-order valence-electron chi connectivity index (χ0n) is 15.0. The third-order valence-corrected chi connectivity index (χ3v) is 4.81. The van der Waals surface area contributed by atoms with Crippen LogP contribution in [-0.4, -0.2) is 35.7 Å². The average molecular weight is 414 g/mol. The minimum absolute atomic E-state index is 0.0464. The number of carbonyl (C=O) groups is 1. The van der Waals surface area contributed by atoms with E-state index in [1.54, 1.807) is 12.1 Å². The average Bonchev–Trinajstić information content (AvgIpc) is 3.14. The number of nitro benzene ring substituents is 1. The van der Waals surface area contributed by atoms with Crippen molar-refractivity contribution < 1.29 is 22.6 Å². The first-order valence-corrected chi connectivity index (χ1v) is 9.99. The van der Waals surface area contributed by atoms with Crippen molar-refractivity contribution in [1.82, 2.24) is 10.2 Å². The van der Waals surface area contributed by atoms with Gasteiger partial charge in [-0.15, -0.1) is 5.10 Å². The number of rotatable bonds is 6. The van der Waals surface area contributed by atoms with Gasteiger partial charge in [0.2, 0.25) is 5.89 Å². The van der Waals surface area contributed by atoms with Gasteiger partial charge in [-0.2, -0.15) is 0 Å². The van der Waals surface area contributed by atoms with Gasteiger partial charge in [0.25, 0.3) is 11.6 Å². The summed E-state index contributed by atoms with van der Waals surface area (Å²) < 4.78 is 28.6. The molecule has 0 unspecified atom stereocenters. The molecule has 0 saturated heterocycles.